The van der Waals surface area contributed by atoms with Crippen LogP contribution in [0.2, 0.25) is 0 Å². The highest BCUT2D eigenvalue weighted by Crippen LogP contribution is 2.39. The van der Waals surface area contributed by atoms with Crippen molar-refractivity contribution < 1.29 is 9.90 Å². The zero-order chi connectivity index (χ0) is 15.7. The molecule has 0 spiro atoms. The maximum atomic E-state index is 12.6. The van der Waals surface area contributed by atoms with Crippen LogP contribution in [0.5, 0.6) is 0 Å². The summed E-state index contributed by atoms with van der Waals surface area (Å²) in [6, 6.07) is 13.8. The van der Waals surface area contributed by atoms with Gasteiger partial charge in [-0.3, -0.25) is 4.79 Å². The van der Waals surface area contributed by atoms with Crippen LogP contribution in [0.25, 0.3) is 11.3 Å². The Bertz CT molecular complexity index is 674. The molecule has 0 aliphatic heterocycles. The fourth-order valence-corrected chi connectivity index (χ4v) is 2.95. The Morgan fingerprint density at radius 2 is 1.95 bits per heavy atom. The number of nitrogens with zero attached hydrogens (tertiary/aromatic N) is 1. The third-order valence-electron chi connectivity index (χ3n) is 4.63. The summed E-state index contributed by atoms with van der Waals surface area (Å²) in [6.07, 6.45) is 2.14. The zero-order valence-corrected chi connectivity index (χ0v) is 13.0. The van der Waals surface area contributed by atoms with Crippen molar-refractivity contribution in [2.75, 3.05) is 6.61 Å². The normalized spacial score (nSPS) is 17.0. The molecule has 0 bridgehead atoms. The summed E-state index contributed by atoms with van der Waals surface area (Å²) in [4.78, 5) is 12.6. The van der Waals surface area contributed by atoms with Crippen LogP contribution in [0.15, 0.2) is 42.5 Å². The number of hydrogen-bond donors (Lipinski definition) is 2. The van der Waals surface area contributed by atoms with Gasteiger partial charge in [-0.1, -0.05) is 30.3 Å². The molecule has 116 valence electrons. The molecule has 1 amide bonds. The van der Waals surface area contributed by atoms with E-state index in [0.717, 1.165) is 24.1 Å². The van der Waals surface area contributed by atoms with Crippen molar-refractivity contribution in [2.45, 2.75) is 25.3 Å². The van der Waals surface area contributed by atoms with E-state index >= 15 is 0 Å². The number of benzene rings is 1. The smallest absolute Gasteiger partial charge is 0.268 e. The van der Waals surface area contributed by atoms with Crippen LogP contribution >= 0.6 is 0 Å². The first kappa shape index (κ1) is 14.9. The van der Waals surface area contributed by atoms with Crippen molar-refractivity contribution in [3.05, 3.63) is 48.2 Å². The molecule has 2 aromatic rings. The van der Waals surface area contributed by atoms with Gasteiger partial charge in [-0.05, 0) is 43.4 Å². The molecule has 1 fully saturated rings. The van der Waals surface area contributed by atoms with Crippen LogP contribution in [0.4, 0.5) is 0 Å². The Labute approximate surface area is 130 Å². The molecule has 4 nitrogen and oxygen atoms in total. The molecule has 1 unspecified atom stereocenters. The Hall–Kier alpha value is -2.07. The van der Waals surface area contributed by atoms with Gasteiger partial charge in [0.15, 0.2) is 0 Å². The number of rotatable bonds is 5. The molecular weight excluding hydrogens is 276 g/mol. The van der Waals surface area contributed by atoms with Crippen LogP contribution in [0.3, 0.4) is 0 Å². The van der Waals surface area contributed by atoms with Gasteiger partial charge in [0.25, 0.3) is 5.91 Å². The van der Waals surface area contributed by atoms with Crippen molar-refractivity contribution in [1.82, 2.24) is 9.88 Å². The average molecular weight is 298 g/mol. The van der Waals surface area contributed by atoms with Gasteiger partial charge in [0, 0.05) is 12.7 Å². The third kappa shape index (κ3) is 2.66. The van der Waals surface area contributed by atoms with Crippen molar-refractivity contribution in [1.29, 1.82) is 0 Å². The number of amides is 1. The minimum absolute atomic E-state index is 0.0284. The third-order valence-corrected chi connectivity index (χ3v) is 4.63. The Kier molecular flexibility index (Phi) is 3.79. The van der Waals surface area contributed by atoms with Crippen LogP contribution in [-0.2, 0) is 7.05 Å². The first-order chi connectivity index (χ1) is 10.5. The molecule has 22 heavy (non-hydrogen) atoms. The van der Waals surface area contributed by atoms with E-state index in [9.17, 15) is 9.90 Å². The second-order valence-corrected chi connectivity index (χ2v) is 6.33. The number of nitrogens with one attached hydrogen (secondary N) is 1. The van der Waals surface area contributed by atoms with E-state index in [1.807, 2.05) is 61.0 Å². The number of aromatic nitrogens is 1. The van der Waals surface area contributed by atoms with Crippen molar-refractivity contribution in [3.8, 4) is 11.3 Å². The van der Waals surface area contributed by atoms with Gasteiger partial charge in [-0.2, -0.15) is 0 Å². The molecule has 1 aliphatic carbocycles. The molecule has 1 aromatic carbocycles. The number of aliphatic hydroxyl groups excluding tert-OH is 1. The Morgan fingerprint density at radius 3 is 2.55 bits per heavy atom. The standard InChI is InChI=1S/C18H22N2O2/c1-18(12-21,14-8-9-14)19-17(22)16-11-10-15(20(16)2)13-6-4-3-5-7-13/h3-7,10-11,14,21H,8-9,12H2,1-2H3,(H,19,22). The van der Waals surface area contributed by atoms with Crippen molar-refractivity contribution in [3.63, 3.8) is 0 Å². The van der Waals surface area contributed by atoms with Gasteiger partial charge in [-0.25, -0.2) is 0 Å². The van der Waals surface area contributed by atoms with Crippen molar-refractivity contribution >= 4 is 5.91 Å². The van der Waals surface area contributed by atoms with E-state index in [1.54, 1.807) is 0 Å². The van der Waals surface area contributed by atoms with Crippen molar-refractivity contribution in [2.24, 2.45) is 13.0 Å². The summed E-state index contributed by atoms with van der Waals surface area (Å²) in [5.74, 6) is 0.253. The molecule has 1 aliphatic rings. The average Bonchev–Trinajstić information content (AvgIpc) is 3.31. The largest absolute Gasteiger partial charge is 0.394 e. The molecule has 1 aromatic heterocycles. The van der Waals surface area contributed by atoms with E-state index < -0.39 is 5.54 Å². The lowest BCUT2D eigenvalue weighted by Crippen LogP contribution is -2.51. The highest BCUT2D eigenvalue weighted by molar-refractivity contribution is 5.94. The zero-order valence-electron chi connectivity index (χ0n) is 13.0. The Balaban J connectivity index is 1.84. The summed E-state index contributed by atoms with van der Waals surface area (Å²) in [5.41, 5.74) is 2.17. The van der Waals surface area contributed by atoms with Crippen LogP contribution in [0, 0.1) is 5.92 Å². The summed E-state index contributed by atoms with van der Waals surface area (Å²) in [7, 11) is 1.89. The van der Waals surface area contributed by atoms with Gasteiger partial charge >= 0.3 is 0 Å². The molecule has 1 atom stereocenters. The summed E-state index contributed by atoms with van der Waals surface area (Å²) in [5, 5.41) is 12.6. The lowest BCUT2D eigenvalue weighted by Gasteiger charge is -2.28. The minimum Gasteiger partial charge on any atom is -0.394 e. The topological polar surface area (TPSA) is 54.3 Å². The number of carbonyl (C=O) groups excluding carboxylic acids is 1. The lowest BCUT2D eigenvalue weighted by atomic mass is 9.97. The predicted molar refractivity (Wildman–Crippen MR) is 86.5 cm³/mol. The quantitative estimate of drug-likeness (QED) is 0.891. The number of carbonyl (C=O) groups is 1. The fraction of sp³-hybridized carbons (Fsp3) is 0.389. The van der Waals surface area contributed by atoms with E-state index in [0.29, 0.717) is 11.6 Å². The van der Waals surface area contributed by atoms with E-state index in [-0.39, 0.29) is 12.5 Å². The predicted octanol–water partition coefficient (Wildman–Crippen LogP) is 2.58. The van der Waals surface area contributed by atoms with E-state index in [1.165, 1.54) is 0 Å². The van der Waals surface area contributed by atoms with Crippen LogP contribution in [-0.4, -0.2) is 27.7 Å². The van der Waals surface area contributed by atoms with Gasteiger partial charge in [0.05, 0.1) is 12.1 Å². The summed E-state index contributed by atoms with van der Waals surface area (Å²) < 4.78 is 1.90. The van der Waals surface area contributed by atoms with Gasteiger partial charge in [0.2, 0.25) is 0 Å². The lowest BCUT2D eigenvalue weighted by molar-refractivity contribution is 0.0816. The fourth-order valence-electron chi connectivity index (χ4n) is 2.95. The molecule has 1 saturated carbocycles. The molecule has 2 N–H and O–H groups in total. The number of hydrogen-bond acceptors (Lipinski definition) is 2. The van der Waals surface area contributed by atoms with Gasteiger partial charge in [-0.15, -0.1) is 0 Å². The van der Waals surface area contributed by atoms with E-state index in [4.69, 9.17) is 0 Å². The Morgan fingerprint density at radius 1 is 1.27 bits per heavy atom. The molecule has 0 saturated heterocycles. The van der Waals surface area contributed by atoms with Crippen LogP contribution in [0.1, 0.15) is 30.3 Å². The molecule has 1 heterocycles. The summed E-state index contributed by atoms with van der Waals surface area (Å²) in [6.45, 7) is 1.89. The molecule has 0 radical (unpaired) electrons. The molecular formula is C18H22N2O2. The molecule has 3 rings (SSSR count). The first-order valence-corrected chi connectivity index (χ1v) is 7.69. The number of aliphatic hydroxyl groups is 1. The minimum atomic E-state index is -0.520. The maximum Gasteiger partial charge on any atom is 0.268 e. The van der Waals surface area contributed by atoms with E-state index in [2.05, 4.69) is 5.32 Å². The summed E-state index contributed by atoms with van der Waals surface area (Å²) >= 11 is 0. The van der Waals surface area contributed by atoms with Gasteiger partial charge in [0.1, 0.15) is 5.69 Å². The van der Waals surface area contributed by atoms with Gasteiger partial charge < -0.3 is 15.0 Å². The maximum absolute atomic E-state index is 12.6. The molecule has 4 heteroatoms. The second-order valence-electron chi connectivity index (χ2n) is 6.33. The highest BCUT2D eigenvalue weighted by atomic mass is 16.3. The SMILES string of the molecule is Cn1c(C(=O)NC(C)(CO)C2CC2)ccc1-c1ccccc1. The monoisotopic (exact) mass is 298 g/mol. The second kappa shape index (κ2) is 5.61. The first-order valence-electron chi connectivity index (χ1n) is 7.69. The van der Waals surface area contributed by atoms with Crippen LogP contribution < -0.4 is 5.32 Å². The highest BCUT2D eigenvalue weighted by Gasteiger charge is 2.42.